The van der Waals surface area contributed by atoms with Crippen molar-refractivity contribution < 1.29 is 14.9 Å². The van der Waals surface area contributed by atoms with Crippen LogP contribution in [0.3, 0.4) is 0 Å². The highest BCUT2D eigenvalue weighted by atomic mass is 35.5. The van der Waals surface area contributed by atoms with Gasteiger partial charge in [-0.1, -0.05) is 23.7 Å². The van der Waals surface area contributed by atoms with Crippen molar-refractivity contribution in [3.05, 3.63) is 29.8 Å². The predicted molar refractivity (Wildman–Crippen MR) is 49.6 cm³/mol. The fourth-order valence-electron chi connectivity index (χ4n) is 0.950. The van der Waals surface area contributed by atoms with Crippen molar-refractivity contribution in [3.8, 4) is 5.75 Å². The van der Waals surface area contributed by atoms with Gasteiger partial charge in [0.2, 0.25) is 0 Å². The SMILES string of the molecule is CCOc1cccc(C(O)(O)Cl)c1. The van der Waals surface area contributed by atoms with Crippen LogP contribution in [0, 0.1) is 0 Å². The fourth-order valence-corrected chi connectivity index (χ4v) is 1.07. The van der Waals surface area contributed by atoms with E-state index in [4.69, 9.17) is 26.6 Å². The van der Waals surface area contributed by atoms with Crippen LogP contribution in [-0.4, -0.2) is 16.8 Å². The number of hydrogen-bond donors (Lipinski definition) is 2. The Hall–Kier alpha value is -0.770. The van der Waals surface area contributed by atoms with E-state index in [2.05, 4.69) is 0 Å². The van der Waals surface area contributed by atoms with Crippen molar-refractivity contribution >= 4 is 11.6 Å². The summed E-state index contributed by atoms with van der Waals surface area (Å²) in [5, 5.41) is 15.8. The largest absolute Gasteiger partial charge is 0.494 e. The topological polar surface area (TPSA) is 49.7 Å². The van der Waals surface area contributed by atoms with Gasteiger partial charge in [-0.25, -0.2) is 0 Å². The Morgan fingerprint density at radius 1 is 1.46 bits per heavy atom. The van der Waals surface area contributed by atoms with Crippen molar-refractivity contribution in [2.24, 2.45) is 0 Å². The molecule has 0 aliphatic heterocycles. The number of benzene rings is 1. The van der Waals surface area contributed by atoms with E-state index >= 15 is 0 Å². The first-order valence-electron chi connectivity index (χ1n) is 3.91. The molecule has 0 spiro atoms. The Bertz CT molecular complexity index is 280. The summed E-state index contributed by atoms with van der Waals surface area (Å²) in [4.78, 5) is 0. The third-order valence-electron chi connectivity index (χ3n) is 1.51. The molecule has 4 heteroatoms. The van der Waals surface area contributed by atoms with Gasteiger partial charge in [0, 0.05) is 5.56 Å². The highest BCUT2D eigenvalue weighted by Gasteiger charge is 2.21. The first-order valence-corrected chi connectivity index (χ1v) is 4.29. The molecule has 3 nitrogen and oxygen atoms in total. The van der Waals surface area contributed by atoms with Crippen LogP contribution in [0.15, 0.2) is 24.3 Å². The number of halogens is 1. The lowest BCUT2D eigenvalue weighted by Gasteiger charge is -2.14. The Morgan fingerprint density at radius 2 is 2.15 bits per heavy atom. The Kier molecular flexibility index (Phi) is 3.14. The van der Waals surface area contributed by atoms with Gasteiger partial charge < -0.3 is 14.9 Å². The first-order chi connectivity index (χ1) is 6.04. The molecular weight excluding hydrogens is 192 g/mol. The molecule has 13 heavy (non-hydrogen) atoms. The lowest BCUT2D eigenvalue weighted by atomic mass is 10.2. The molecular formula is C9H11ClO3. The molecule has 0 aliphatic rings. The highest BCUT2D eigenvalue weighted by molar-refractivity contribution is 6.21. The maximum atomic E-state index is 9.05. The second kappa shape index (κ2) is 3.96. The Balaban J connectivity index is 2.92. The molecule has 0 fully saturated rings. The minimum Gasteiger partial charge on any atom is -0.494 e. The zero-order valence-corrected chi connectivity index (χ0v) is 7.95. The zero-order valence-electron chi connectivity index (χ0n) is 7.20. The van der Waals surface area contributed by atoms with E-state index in [1.807, 2.05) is 6.92 Å². The summed E-state index contributed by atoms with van der Waals surface area (Å²) in [6, 6.07) is 6.35. The van der Waals surface area contributed by atoms with Gasteiger partial charge in [0.25, 0.3) is 5.25 Å². The normalized spacial score (nSPS) is 11.4. The van der Waals surface area contributed by atoms with Crippen LogP contribution in [-0.2, 0) is 5.25 Å². The number of alkyl halides is 1. The quantitative estimate of drug-likeness (QED) is 0.576. The van der Waals surface area contributed by atoms with Crippen LogP contribution in [0.2, 0.25) is 0 Å². The van der Waals surface area contributed by atoms with E-state index in [1.54, 1.807) is 12.1 Å². The molecule has 0 unspecified atom stereocenters. The van der Waals surface area contributed by atoms with E-state index in [9.17, 15) is 0 Å². The van der Waals surface area contributed by atoms with Crippen LogP contribution in [0.25, 0.3) is 0 Å². The molecule has 0 saturated carbocycles. The van der Waals surface area contributed by atoms with Gasteiger partial charge in [-0.3, -0.25) is 0 Å². The van der Waals surface area contributed by atoms with Gasteiger partial charge in [0.1, 0.15) is 5.75 Å². The van der Waals surface area contributed by atoms with Crippen molar-refractivity contribution in [2.45, 2.75) is 12.2 Å². The maximum absolute atomic E-state index is 9.05. The van der Waals surface area contributed by atoms with Crippen LogP contribution < -0.4 is 4.74 Å². The molecule has 1 rings (SSSR count). The van der Waals surface area contributed by atoms with Crippen molar-refractivity contribution in [1.29, 1.82) is 0 Å². The molecule has 0 radical (unpaired) electrons. The minimum atomic E-state index is -2.33. The van der Waals surface area contributed by atoms with Crippen LogP contribution in [0.4, 0.5) is 0 Å². The van der Waals surface area contributed by atoms with Crippen molar-refractivity contribution in [1.82, 2.24) is 0 Å². The molecule has 1 aromatic rings. The van der Waals surface area contributed by atoms with E-state index in [0.29, 0.717) is 12.4 Å². The zero-order chi connectivity index (χ0) is 9.90. The van der Waals surface area contributed by atoms with E-state index in [1.165, 1.54) is 12.1 Å². The van der Waals surface area contributed by atoms with Crippen molar-refractivity contribution in [2.75, 3.05) is 6.61 Å². The van der Waals surface area contributed by atoms with Gasteiger partial charge in [-0.15, -0.1) is 0 Å². The summed E-state index contributed by atoms with van der Waals surface area (Å²) >= 11 is 5.29. The third kappa shape index (κ3) is 2.88. The molecule has 0 bridgehead atoms. The molecule has 0 atom stereocenters. The number of hydrogen-bond acceptors (Lipinski definition) is 3. The van der Waals surface area contributed by atoms with E-state index < -0.39 is 5.25 Å². The van der Waals surface area contributed by atoms with E-state index in [-0.39, 0.29) is 5.56 Å². The maximum Gasteiger partial charge on any atom is 0.271 e. The monoisotopic (exact) mass is 202 g/mol. The Morgan fingerprint density at radius 3 is 2.69 bits per heavy atom. The number of aliphatic hydroxyl groups is 2. The van der Waals surface area contributed by atoms with E-state index in [0.717, 1.165) is 0 Å². The molecule has 0 aromatic heterocycles. The minimum absolute atomic E-state index is 0.195. The number of ether oxygens (including phenoxy) is 1. The highest BCUT2D eigenvalue weighted by Crippen LogP contribution is 2.25. The summed E-state index contributed by atoms with van der Waals surface area (Å²) in [6.07, 6.45) is 0. The molecule has 0 saturated heterocycles. The van der Waals surface area contributed by atoms with Crippen molar-refractivity contribution in [3.63, 3.8) is 0 Å². The summed E-state index contributed by atoms with van der Waals surface area (Å²) in [5.74, 6) is 0.563. The van der Waals surface area contributed by atoms with Gasteiger partial charge in [0.05, 0.1) is 6.61 Å². The molecule has 0 amide bonds. The molecule has 0 aliphatic carbocycles. The summed E-state index contributed by atoms with van der Waals surface area (Å²) in [5.41, 5.74) is 0.195. The van der Waals surface area contributed by atoms with Gasteiger partial charge in [0.15, 0.2) is 0 Å². The lowest BCUT2D eigenvalue weighted by molar-refractivity contribution is -0.0903. The Labute approximate surface area is 81.5 Å². The third-order valence-corrected chi connectivity index (χ3v) is 1.73. The standard InChI is InChI=1S/C9H11ClO3/c1-2-13-8-5-3-4-7(6-8)9(10,11)12/h3-6,11-12H,2H2,1H3. The predicted octanol–water partition coefficient (Wildman–Crippen LogP) is 1.42. The van der Waals surface area contributed by atoms with Crippen LogP contribution >= 0.6 is 11.6 Å². The van der Waals surface area contributed by atoms with Crippen LogP contribution in [0.5, 0.6) is 5.75 Å². The average molecular weight is 203 g/mol. The van der Waals surface area contributed by atoms with Gasteiger partial charge >= 0.3 is 0 Å². The molecule has 1 aromatic carbocycles. The first kappa shape index (κ1) is 10.3. The summed E-state index contributed by atoms with van der Waals surface area (Å²) in [6.45, 7) is 2.37. The van der Waals surface area contributed by atoms with Crippen LogP contribution in [0.1, 0.15) is 12.5 Å². The fraction of sp³-hybridized carbons (Fsp3) is 0.333. The smallest absolute Gasteiger partial charge is 0.271 e. The lowest BCUT2D eigenvalue weighted by Crippen LogP contribution is -2.15. The summed E-state index contributed by atoms with van der Waals surface area (Å²) in [7, 11) is 0. The van der Waals surface area contributed by atoms with Gasteiger partial charge in [-0.2, -0.15) is 0 Å². The second-order valence-electron chi connectivity index (χ2n) is 2.55. The average Bonchev–Trinajstić information content (AvgIpc) is 2.04. The molecule has 0 heterocycles. The second-order valence-corrected chi connectivity index (χ2v) is 3.08. The number of rotatable bonds is 3. The van der Waals surface area contributed by atoms with Gasteiger partial charge in [-0.05, 0) is 19.1 Å². The summed E-state index contributed by atoms with van der Waals surface area (Å²) < 4.78 is 5.16. The molecule has 72 valence electrons. The molecule has 2 N–H and O–H groups in total.